The molecule has 3 amide bonds. The predicted molar refractivity (Wildman–Crippen MR) is 113 cm³/mol. The summed E-state index contributed by atoms with van der Waals surface area (Å²) in [6.45, 7) is 2.30. The van der Waals surface area contributed by atoms with Gasteiger partial charge in [0.1, 0.15) is 6.04 Å². The smallest absolute Gasteiger partial charge is 0.287 e. The highest BCUT2D eigenvalue weighted by molar-refractivity contribution is 7.98. The van der Waals surface area contributed by atoms with Gasteiger partial charge in [-0.25, -0.2) is 0 Å². The molecule has 2 aromatic rings. The highest BCUT2D eigenvalue weighted by Crippen LogP contribution is 2.27. The Kier molecular flexibility index (Phi) is 9.07. The Hall–Kier alpha value is -3.14. The first-order valence-electron chi connectivity index (χ1n) is 9.24. The molecule has 1 aromatic heterocycles. The molecule has 10 heteroatoms. The van der Waals surface area contributed by atoms with E-state index in [1.807, 2.05) is 13.2 Å². The fourth-order valence-electron chi connectivity index (χ4n) is 2.50. The molecule has 0 aliphatic heterocycles. The number of nitrogens with one attached hydrogen (secondary N) is 3. The number of hydrogen-bond donors (Lipinski definition) is 3. The molecule has 1 aromatic carbocycles. The minimum Gasteiger partial charge on any atom is -0.493 e. The molecular formula is C20H25N3O6S. The number of furan rings is 1. The third kappa shape index (κ3) is 6.45. The number of amides is 3. The Labute approximate surface area is 178 Å². The molecule has 2 rings (SSSR count). The van der Waals surface area contributed by atoms with Crippen LogP contribution in [0.5, 0.6) is 11.5 Å². The van der Waals surface area contributed by atoms with Crippen molar-refractivity contribution in [3.8, 4) is 11.5 Å². The summed E-state index contributed by atoms with van der Waals surface area (Å²) in [4.78, 5) is 37.1. The summed E-state index contributed by atoms with van der Waals surface area (Å²) in [5, 5.41) is 2.61. The normalized spacial score (nSPS) is 11.3. The van der Waals surface area contributed by atoms with Gasteiger partial charge in [0.2, 0.25) is 0 Å². The summed E-state index contributed by atoms with van der Waals surface area (Å²) in [6.07, 6.45) is 3.65. The Balaban J connectivity index is 1.99. The maximum absolute atomic E-state index is 12.5. The molecule has 30 heavy (non-hydrogen) atoms. The molecule has 0 aliphatic carbocycles. The molecule has 0 saturated heterocycles. The van der Waals surface area contributed by atoms with Crippen LogP contribution in [-0.4, -0.2) is 49.5 Å². The molecule has 0 spiro atoms. The largest absolute Gasteiger partial charge is 0.493 e. The maximum atomic E-state index is 12.5. The minimum atomic E-state index is -0.842. The Bertz CT molecular complexity index is 856. The van der Waals surface area contributed by atoms with E-state index in [9.17, 15) is 14.4 Å². The van der Waals surface area contributed by atoms with E-state index in [1.54, 1.807) is 18.2 Å². The standard InChI is InChI=1S/C20H25N3O6S/c1-4-28-15-8-7-13(12-17(15)27-2)18(24)22-23-19(25)14(9-11-30-3)21-20(26)16-6-5-10-29-16/h5-8,10,12,14H,4,9,11H2,1-3H3,(H,21,26)(H,22,24)(H,23,25). The molecule has 0 aliphatic rings. The van der Waals surface area contributed by atoms with Crippen LogP contribution in [0.2, 0.25) is 0 Å². The van der Waals surface area contributed by atoms with Gasteiger partial charge in [0.15, 0.2) is 17.3 Å². The van der Waals surface area contributed by atoms with E-state index in [-0.39, 0.29) is 11.3 Å². The molecule has 3 N–H and O–H groups in total. The molecule has 0 radical (unpaired) electrons. The lowest BCUT2D eigenvalue weighted by atomic mass is 10.2. The van der Waals surface area contributed by atoms with Gasteiger partial charge in [0.05, 0.1) is 20.0 Å². The van der Waals surface area contributed by atoms with Crippen molar-refractivity contribution < 1.29 is 28.3 Å². The van der Waals surface area contributed by atoms with Crippen LogP contribution in [0.25, 0.3) is 0 Å². The molecule has 0 bridgehead atoms. The number of rotatable bonds is 10. The summed E-state index contributed by atoms with van der Waals surface area (Å²) in [5.74, 6) is 0.0607. The second-order valence-corrected chi connectivity index (χ2v) is 7.01. The number of ether oxygens (including phenoxy) is 2. The van der Waals surface area contributed by atoms with Crippen molar-refractivity contribution in [2.75, 3.05) is 25.7 Å². The van der Waals surface area contributed by atoms with Crippen LogP contribution in [0.4, 0.5) is 0 Å². The molecule has 1 atom stereocenters. The van der Waals surface area contributed by atoms with Crippen LogP contribution in [0, 0.1) is 0 Å². The summed E-state index contributed by atoms with van der Waals surface area (Å²) in [5.41, 5.74) is 4.98. The quantitative estimate of drug-likeness (QED) is 0.488. The van der Waals surface area contributed by atoms with Gasteiger partial charge in [-0.3, -0.25) is 25.2 Å². The minimum absolute atomic E-state index is 0.0995. The first-order valence-corrected chi connectivity index (χ1v) is 10.6. The Morgan fingerprint density at radius 3 is 2.57 bits per heavy atom. The van der Waals surface area contributed by atoms with Crippen molar-refractivity contribution in [2.45, 2.75) is 19.4 Å². The van der Waals surface area contributed by atoms with Crippen molar-refractivity contribution in [3.63, 3.8) is 0 Å². The third-order valence-electron chi connectivity index (χ3n) is 4.00. The highest BCUT2D eigenvalue weighted by atomic mass is 32.2. The van der Waals surface area contributed by atoms with Crippen molar-refractivity contribution in [1.82, 2.24) is 16.2 Å². The average molecular weight is 436 g/mol. The second kappa shape index (κ2) is 11.8. The monoisotopic (exact) mass is 435 g/mol. The number of thioether (sulfide) groups is 1. The van der Waals surface area contributed by atoms with Gasteiger partial charge in [0.25, 0.3) is 17.7 Å². The number of benzene rings is 1. The van der Waals surface area contributed by atoms with E-state index < -0.39 is 23.8 Å². The Morgan fingerprint density at radius 1 is 1.13 bits per heavy atom. The second-order valence-electron chi connectivity index (χ2n) is 6.03. The van der Waals surface area contributed by atoms with Gasteiger partial charge >= 0.3 is 0 Å². The van der Waals surface area contributed by atoms with E-state index in [4.69, 9.17) is 13.9 Å². The number of hydrogen-bond acceptors (Lipinski definition) is 7. The topological polar surface area (TPSA) is 119 Å². The number of carbonyl (C=O) groups excluding carboxylic acids is 3. The molecule has 9 nitrogen and oxygen atoms in total. The molecule has 1 heterocycles. The van der Waals surface area contributed by atoms with Crippen LogP contribution in [0.15, 0.2) is 41.0 Å². The predicted octanol–water partition coefficient (Wildman–Crippen LogP) is 2.00. The average Bonchev–Trinajstić information content (AvgIpc) is 3.30. The lowest BCUT2D eigenvalue weighted by Gasteiger charge is -2.18. The molecule has 0 fully saturated rings. The Morgan fingerprint density at radius 2 is 1.93 bits per heavy atom. The zero-order valence-corrected chi connectivity index (χ0v) is 17.8. The highest BCUT2D eigenvalue weighted by Gasteiger charge is 2.23. The van der Waals surface area contributed by atoms with Crippen LogP contribution in [0.1, 0.15) is 34.3 Å². The van der Waals surface area contributed by atoms with Gasteiger partial charge in [-0.2, -0.15) is 11.8 Å². The zero-order chi connectivity index (χ0) is 21.9. The summed E-state index contributed by atoms with van der Waals surface area (Å²) < 4.78 is 15.7. The maximum Gasteiger partial charge on any atom is 0.287 e. The zero-order valence-electron chi connectivity index (χ0n) is 17.0. The fraction of sp³-hybridized carbons (Fsp3) is 0.350. The number of methoxy groups -OCH3 is 1. The van der Waals surface area contributed by atoms with Gasteiger partial charge < -0.3 is 19.2 Å². The van der Waals surface area contributed by atoms with Gasteiger partial charge in [-0.1, -0.05) is 0 Å². The first-order chi connectivity index (χ1) is 14.5. The molecular weight excluding hydrogens is 410 g/mol. The first kappa shape index (κ1) is 23.1. The lowest BCUT2D eigenvalue weighted by molar-refractivity contribution is -0.123. The molecule has 0 saturated carbocycles. The van der Waals surface area contributed by atoms with E-state index in [0.717, 1.165) is 0 Å². The van der Waals surface area contributed by atoms with Crippen molar-refractivity contribution in [1.29, 1.82) is 0 Å². The van der Waals surface area contributed by atoms with Crippen LogP contribution >= 0.6 is 11.8 Å². The third-order valence-corrected chi connectivity index (χ3v) is 4.65. The van der Waals surface area contributed by atoms with Gasteiger partial charge in [0, 0.05) is 5.56 Å². The van der Waals surface area contributed by atoms with E-state index in [1.165, 1.54) is 37.3 Å². The molecule has 1 unspecified atom stereocenters. The van der Waals surface area contributed by atoms with Crippen molar-refractivity contribution in [2.24, 2.45) is 0 Å². The SMILES string of the molecule is CCOc1ccc(C(=O)NNC(=O)C(CCSC)NC(=O)c2ccco2)cc1OC. The van der Waals surface area contributed by atoms with Crippen LogP contribution in [-0.2, 0) is 4.79 Å². The van der Waals surface area contributed by atoms with Gasteiger partial charge in [-0.15, -0.1) is 0 Å². The van der Waals surface area contributed by atoms with Crippen molar-refractivity contribution in [3.05, 3.63) is 47.9 Å². The fourth-order valence-corrected chi connectivity index (χ4v) is 2.97. The van der Waals surface area contributed by atoms with E-state index in [2.05, 4.69) is 16.2 Å². The van der Waals surface area contributed by atoms with Crippen LogP contribution < -0.4 is 25.6 Å². The van der Waals surface area contributed by atoms with E-state index >= 15 is 0 Å². The number of hydrazine groups is 1. The lowest BCUT2D eigenvalue weighted by Crippen LogP contribution is -2.52. The molecule has 162 valence electrons. The van der Waals surface area contributed by atoms with E-state index in [0.29, 0.717) is 30.3 Å². The summed E-state index contributed by atoms with van der Waals surface area (Å²) in [6, 6.07) is 6.92. The van der Waals surface area contributed by atoms with Crippen molar-refractivity contribution >= 4 is 29.5 Å². The number of carbonyl (C=O) groups is 3. The van der Waals surface area contributed by atoms with Crippen LogP contribution in [0.3, 0.4) is 0 Å². The van der Waals surface area contributed by atoms with Gasteiger partial charge in [-0.05, 0) is 55.7 Å². The summed E-state index contributed by atoms with van der Waals surface area (Å²) >= 11 is 1.53. The summed E-state index contributed by atoms with van der Waals surface area (Å²) in [7, 11) is 1.47.